The summed E-state index contributed by atoms with van der Waals surface area (Å²) >= 11 is 0. The number of nitrogens with one attached hydrogen (secondary N) is 1. The normalized spacial score (nSPS) is 11.4. The number of nitrogens with zero attached hydrogens (tertiary/aromatic N) is 1. The molecule has 0 bridgehead atoms. The van der Waals surface area contributed by atoms with Gasteiger partial charge in [0.2, 0.25) is 0 Å². The molecule has 116 valence electrons. The Bertz CT molecular complexity index is 649. The van der Waals surface area contributed by atoms with Gasteiger partial charge in [0.05, 0.1) is 25.1 Å². The highest BCUT2D eigenvalue weighted by atomic mass is 16.5. The van der Waals surface area contributed by atoms with Crippen LogP contribution in [0.1, 0.15) is 23.6 Å². The van der Waals surface area contributed by atoms with Crippen molar-refractivity contribution < 1.29 is 9.47 Å². The Morgan fingerprint density at radius 1 is 1.09 bits per heavy atom. The highest BCUT2D eigenvalue weighted by molar-refractivity contribution is 5.99. The third kappa shape index (κ3) is 4.09. The molecule has 0 aliphatic heterocycles. The highest BCUT2D eigenvalue weighted by Gasteiger charge is 2.06. The van der Waals surface area contributed by atoms with Gasteiger partial charge in [-0.2, -0.15) is 5.10 Å². The molecule has 22 heavy (non-hydrogen) atoms. The second kappa shape index (κ2) is 7.61. The summed E-state index contributed by atoms with van der Waals surface area (Å²) in [7, 11) is 3.33. The van der Waals surface area contributed by atoms with Crippen LogP contribution in [0.25, 0.3) is 0 Å². The summed E-state index contributed by atoms with van der Waals surface area (Å²) in [5, 5.41) is 4.44. The molecule has 4 heteroatoms. The average Bonchev–Trinajstić information content (AvgIpc) is 2.54. The second-order valence-electron chi connectivity index (χ2n) is 5.13. The fourth-order valence-electron chi connectivity index (χ4n) is 2.11. The van der Waals surface area contributed by atoms with Crippen molar-refractivity contribution in [1.82, 2.24) is 0 Å². The van der Waals surface area contributed by atoms with Gasteiger partial charge in [0.1, 0.15) is 5.75 Å². The van der Waals surface area contributed by atoms with Gasteiger partial charge in [-0.3, -0.25) is 5.43 Å². The largest absolute Gasteiger partial charge is 0.496 e. The van der Waals surface area contributed by atoms with E-state index in [0.717, 1.165) is 28.3 Å². The lowest BCUT2D eigenvalue weighted by Crippen LogP contribution is -2.02. The molecule has 2 aromatic carbocycles. The standard InChI is InChI=1S/C18H22N2O2/c1-13-5-8-17(9-6-13)20-19-14(2)15-7-10-18(22-4)16(11-15)12-21-3/h5-11,20H,12H2,1-4H3/b19-14-. The molecule has 0 aromatic heterocycles. The van der Waals surface area contributed by atoms with Crippen molar-refractivity contribution in [2.75, 3.05) is 19.6 Å². The van der Waals surface area contributed by atoms with Crippen LogP contribution in [-0.4, -0.2) is 19.9 Å². The minimum Gasteiger partial charge on any atom is -0.496 e. The van der Waals surface area contributed by atoms with Crippen molar-refractivity contribution in [3.8, 4) is 5.75 Å². The number of anilines is 1. The minimum atomic E-state index is 0.510. The Morgan fingerprint density at radius 3 is 2.45 bits per heavy atom. The quantitative estimate of drug-likeness (QED) is 0.648. The molecule has 0 amide bonds. The fourth-order valence-corrected chi connectivity index (χ4v) is 2.11. The Kier molecular flexibility index (Phi) is 5.55. The van der Waals surface area contributed by atoms with Crippen LogP contribution in [0.5, 0.6) is 5.75 Å². The molecule has 0 aliphatic rings. The first-order chi connectivity index (χ1) is 10.6. The lowest BCUT2D eigenvalue weighted by Gasteiger charge is -2.10. The summed E-state index contributed by atoms with van der Waals surface area (Å²) in [5.41, 5.74) is 8.22. The van der Waals surface area contributed by atoms with Crippen molar-refractivity contribution in [1.29, 1.82) is 0 Å². The lowest BCUT2D eigenvalue weighted by molar-refractivity contribution is 0.181. The van der Waals surface area contributed by atoms with Gasteiger partial charge in [-0.25, -0.2) is 0 Å². The third-order valence-electron chi connectivity index (χ3n) is 3.40. The van der Waals surface area contributed by atoms with Crippen LogP contribution < -0.4 is 10.2 Å². The van der Waals surface area contributed by atoms with Crippen LogP contribution in [-0.2, 0) is 11.3 Å². The van der Waals surface area contributed by atoms with Gasteiger partial charge in [-0.05, 0) is 49.7 Å². The number of aryl methyl sites for hydroxylation is 1. The molecular weight excluding hydrogens is 276 g/mol. The van der Waals surface area contributed by atoms with E-state index < -0.39 is 0 Å². The van der Waals surface area contributed by atoms with Crippen molar-refractivity contribution in [3.05, 3.63) is 59.2 Å². The smallest absolute Gasteiger partial charge is 0.124 e. The number of benzene rings is 2. The Balaban J connectivity index is 2.17. The van der Waals surface area contributed by atoms with E-state index in [0.29, 0.717) is 6.61 Å². The summed E-state index contributed by atoms with van der Waals surface area (Å²) in [5.74, 6) is 0.824. The zero-order chi connectivity index (χ0) is 15.9. The molecule has 2 rings (SSSR count). The monoisotopic (exact) mass is 298 g/mol. The van der Waals surface area contributed by atoms with E-state index in [2.05, 4.69) is 29.6 Å². The number of methoxy groups -OCH3 is 2. The van der Waals surface area contributed by atoms with E-state index in [1.807, 2.05) is 37.3 Å². The number of hydrazone groups is 1. The van der Waals surface area contributed by atoms with E-state index in [9.17, 15) is 0 Å². The first-order valence-electron chi connectivity index (χ1n) is 7.17. The molecule has 1 N–H and O–H groups in total. The van der Waals surface area contributed by atoms with Gasteiger partial charge < -0.3 is 9.47 Å². The van der Waals surface area contributed by atoms with Gasteiger partial charge >= 0.3 is 0 Å². The molecular formula is C18H22N2O2. The molecule has 0 spiro atoms. The molecule has 0 unspecified atom stereocenters. The molecule has 4 nitrogen and oxygen atoms in total. The lowest BCUT2D eigenvalue weighted by atomic mass is 10.1. The van der Waals surface area contributed by atoms with Crippen LogP contribution in [0.15, 0.2) is 47.6 Å². The average molecular weight is 298 g/mol. The Morgan fingerprint density at radius 2 is 1.82 bits per heavy atom. The third-order valence-corrected chi connectivity index (χ3v) is 3.40. The van der Waals surface area contributed by atoms with Crippen LogP contribution in [0.4, 0.5) is 5.69 Å². The van der Waals surface area contributed by atoms with Crippen LogP contribution >= 0.6 is 0 Å². The molecule has 0 fully saturated rings. The molecule has 0 atom stereocenters. The van der Waals surface area contributed by atoms with Gasteiger partial charge in [-0.1, -0.05) is 17.7 Å². The number of rotatable bonds is 6. The first kappa shape index (κ1) is 16.0. The molecule has 0 saturated heterocycles. The minimum absolute atomic E-state index is 0.510. The summed E-state index contributed by atoms with van der Waals surface area (Å²) in [6.45, 7) is 4.54. The maximum atomic E-state index is 5.34. The van der Waals surface area contributed by atoms with E-state index in [-0.39, 0.29) is 0 Å². The predicted molar refractivity (Wildman–Crippen MR) is 90.7 cm³/mol. The molecule has 0 aliphatic carbocycles. The van der Waals surface area contributed by atoms with Crippen molar-refractivity contribution in [3.63, 3.8) is 0 Å². The molecule has 0 saturated carbocycles. The maximum absolute atomic E-state index is 5.34. The fraction of sp³-hybridized carbons (Fsp3) is 0.278. The topological polar surface area (TPSA) is 42.8 Å². The Hall–Kier alpha value is -2.33. The summed E-state index contributed by atoms with van der Waals surface area (Å²) < 4.78 is 10.5. The van der Waals surface area contributed by atoms with E-state index in [1.54, 1.807) is 14.2 Å². The zero-order valence-corrected chi connectivity index (χ0v) is 13.5. The molecule has 0 radical (unpaired) electrons. The molecule has 0 heterocycles. The number of hydrogen-bond donors (Lipinski definition) is 1. The van der Waals surface area contributed by atoms with Crippen LogP contribution in [0.3, 0.4) is 0 Å². The van der Waals surface area contributed by atoms with E-state index >= 15 is 0 Å². The maximum Gasteiger partial charge on any atom is 0.124 e. The summed E-state index contributed by atoms with van der Waals surface area (Å²) in [6, 6.07) is 14.1. The SMILES string of the molecule is COCc1cc(/C(C)=N\Nc2ccc(C)cc2)ccc1OC. The summed E-state index contributed by atoms with van der Waals surface area (Å²) in [4.78, 5) is 0. The van der Waals surface area contributed by atoms with Crippen molar-refractivity contribution in [2.45, 2.75) is 20.5 Å². The second-order valence-corrected chi connectivity index (χ2v) is 5.13. The van der Waals surface area contributed by atoms with E-state index in [1.165, 1.54) is 5.56 Å². The number of ether oxygens (including phenoxy) is 2. The Labute approximate surface area is 131 Å². The highest BCUT2D eigenvalue weighted by Crippen LogP contribution is 2.21. The van der Waals surface area contributed by atoms with Crippen LogP contribution in [0, 0.1) is 6.92 Å². The first-order valence-corrected chi connectivity index (χ1v) is 7.17. The predicted octanol–water partition coefficient (Wildman–Crippen LogP) is 3.99. The van der Waals surface area contributed by atoms with Crippen molar-refractivity contribution >= 4 is 11.4 Å². The molecule has 2 aromatic rings. The van der Waals surface area contributed by atoms with Crippen molar-refractivity contribution in [2.24, 2.45) is 5.10 Å². The number of hydrogen-bond acceptors (Lipinski definition) is 4. The van der Waals surface area contributed by atoms with Crippen LogP contribution in [0.2, 0.25) is 0 Å². The van der Waals surface area contributed by atoms with Gasteiger partial charge in [0.25, 0.3) is 0 Å². The van der Waals surface area contributed by atoms with Gasteiger partial charge in [0, 0.05) is 12.7 Å². The van der Waals surface area contributed by atoms with Gasteiger partial charge in [0.15, 0.2) is 0 Å². The van der Waals surface area contributed by atoms with E-state index in [4.69, 9.17) is 9.47 Å². The summed E-state index contributed by atoms with van der Waals surface area (Å²) in [6.07, 6.45) is 0. The zero-order valence-electron chi connectivity index (χ0n) is 13.5. The van der Waals surface area contributed by atoms with Gasteiger partial charge in [-0.15, -0.1) is 0 Å².